The smallest absolute Gasteiger partial charge is 0.155 e. The highest BCUT2D eigenvalue weighted by Crippen LogP contribution is 2.25. The van der Waals surface area contributed by atoms with Gasteiger partial charge in [0.2, 0.25) is 0 Å². The van der Waals surface area contributed by atoms with Crippen LogP contribution in [0.4, 0.5) is 0 Å². The highest BCUT2D eigenvalue weighted by molar-refractivity contribution is 5.40. The molecule has 0 aromatic carbocycles. The van der Waals surface area contributed by atoms with Gasteiger partial charge in [-0.05, 0) is 33.9 Å². The van der Waals surface area contributed by atoms with E-state index in [1.807, 2.05) is 37.5 Å². The summed E-state index contributed by atoms with van der Waals surface area (Å²) in [6, 6.07) is 3.94. The van der Waals surface area contributed by atoms with Gasteiger partial charge in [0.05, 0.1) is 11.9 Å². The molecule has 0 aliphatic rings. The normalized spacial score (nSPS) is 14.9. The maximum atomic E-state index is 5.94. The first-order valence-electron chi connectivity index (χ1n) is 6.21. The van der Waals surface area contributed by atoms with Gasteiger partial charge in [0.25, 0.3) is 0 Å². The minimum absolute atomic E-state index is 0.415. The minimum Gasteiger partial charge on any atom is -0.368 e. The number of nitrogens with one attached hydrogen (secondary N) is 1. The fourth-order valence-electron chi connectivity index (χ4n) is 2.29. The third-order valence-corrected chi connectivity index (χ3v) is 3.01. The van der Waals surface area contributed by atoms with Crippen molar-refractivity contribution < 1.29 is 4.74 Å². The molecule has 2 aromatic heterocycles. The van der Waals surface area contributed by atoms with Crippen molar-refractivity contribution in [1.29, 1.82) is 0 Å². The van der Waals surface area contributed by atoms with Gasteiger partial charge in [-0.1, -0.05) is 0 Å². The van der Waals surface area contributed by atoms with Crippen LogP contribution in [0.15, 0.2) is 18.3 Å². The molecule has 1 atom stereocenters. The highest BCUT2D eigenvalue weighted by Gasteiger charge is 2.30. The van der Waals surface area contributed by atoms with Gasteiger partial charge in [-0.15, -0.1) is 0 Å². The fourth-order valence-corrected chi connectivity index (χ4v) is 2.29. The predicted molar refractivity (Wildman–Crippen MR) is 70.6 cm³/mol. The average Bonchev–Trinajstić information content (AvgIpc) is 2.76. The van der Waals surface area contributed by atoms with Gasteiger partial charge in [0.15, 0.2) is 5.65 Å². The molecule has 0 radical (unpaired) electrons. The van der Waals surface area contributed by atoms with E-state index in [1.165, 1.54) is 0 Å². The number of aryl methyl sites for hydroxylation is 1. The lowest BCUT2D eigenvalue weighted by atomic mass is 10.0. The fraction of sp³-hybridized carbons (Fsp3) is 0.538. The van der Waals surface area contributed by atoms with Crippen LogP contribution in [-0.4, -0.2) is 34.8 Å². The van der Waals surface area contributed by atoms with Crippen LogP contribution in [0.5, 0.6) is 0 Å². The molecule has 5 heteroatoms. The van der Waals surface area contributed by atoms with Crippen LogP contribution in [0.25, 0.3) is 5.65 Å². The Labute approximate surface area is 107 Å². The molecule has 1 unspecified atom stereocenters. The number of hydrogen-bond donors (Lipinski definition) is 1. The van der Waals surface area contributed by atoms with Crippen molar-refractivity contribution >= 4 is 5.65 Å². The molecule has 1 N–H and O–H groups in total. The van der Waals surface area contributed by atoms with Crippen LogP contribution >= 0.6 is 0 Å². The molecule has 0 aliphatic carbocycles. The minimum atomic E-state index is -0.415. The van der Waals surface area contributed by atoms with Crippen LogP contribution in [0.2, 0.25) is 0 Å². The molecule has 0 fully saturated rings. The summed E-state index contributed by atoms with van der Waals surface area (Å²) in [5.41, 5.74) is 2.43. The number of likely N-dealkylation sites (N-methyl/N-ethyl adjacent to an activating group) is 1. The lowest BCUT2D eigenvalue weighted by Gasteiger charge is -2.30. The highest BCUT2D eigenvalue weighted by atomic mass is 16.5. The largest absolute Gasteiger partial charge is 0.368 e. The molecule has 0 bridgehead atoms. The molecule has 2 aromatic rings. The molecule has 0 spiro atoms. The Bertz CT molecular complexity index is 529. The zero-order valence-corrected chi connectivity index (χ0v) is 11.4. The Balaban J connectivity index is 2.58. The number of hydrogen-bond acceptors (Lipinski definition) is 4. The molecule has 98 valence electrons. The molecule has 0 saturated carbocycles. The number of rotatable bonds is 5. The molecular weight excluding hydrogens is 228 g/mol. The standard InChI is InChI=1S/C13H20N4O/c1-5-18-13(3,9-14-4)11-8-10(2)16-12-6-7-15-17(11)12/h6-8,14H,5,9H2,1-4H3. The predicted octanol–water partition coefficient (Wildman–Crippen LogP) is 1.51. The Morgan fingerprint density at radius 1 is 1.50 bits per heavy atom. The molecule has 18 heavy (non-hydrogen) atoms. The Hall–Kier alpha value is -1.46. The Morgan fingerprint density at radius 3 is 2.94 bits per heavy atom. The Kier molecular flexibility index (Phi) is 3.63. The molecule has 0 amide bonds. The Morgan fingerprint density at radius 2 is 2.28 bits per heavy atom. The zero-order chi connectivity index (χ0) is 13.2. The SMILES string of the molecule is CCOC(C)(CNC)c1cc(C)nc2ccnn12. The summed E-state index contributed by atoms with van der Waals surface area (Å²) in [5.74, 6) is 0. The van der Waals surface area contributed by atoms with Gasteiger partial charge < -0.3 is 10.1 Å². The van der Waals surface area contributed by atoms with E-state index in [4.69, 9.17) is 4.74 Å². The molecule has 5 nitrogen and oxygen atoms in total. The second kappa shape index (κ2) is 5.04. The summed E-state index contributed by atoms with van der Waals surface area (Å²) < 4.78 is 7.78. The number of ether oxygens (including phenoxy) is 1. The van der Waals surface area contributed by atoms with Crippen LogP contribution in [0.1, 0.15) is 25.2 Å². The van der Waals surface area contributed by atoms with E-state index in [9.17, 15) is 0 Å². The summed E-state index contributed by atoms with van der Waals surface area (Å²) in [6.07, 6.45) is 1.76. The number of fused-ring (bicyclic) bond motifs is 1. The third kappa shape index (κ3) is 2.23. The van der Waals surface area contributed by atoms with Crippen molar-refractivity contribution in [3.8, 4) is 0 Å². The van der Waals surface area contributed by atoms with Crippen LogP contribution in [-0.2, 0) is 10.3 Å². The summed E-state index contributed by atoms with van der Waals surface area (Å²) in [4.78, 5) is 4.45. The number of nitrogens with zero attached hydrogens (tertiary/aromatic N) is 3. The van der Waals surface area contributed by atoms with Crippen LogP contribution < -0.4 is 5.32 Å². The summed E-state index contributed by atoms with van der Waals surface area (Å²) in [7, 11) is 1.92. The first-order chi connectivity index (χ1) is 8.60. The first kappa shape index (κ1) is 13.0. The maximum absolute atomic E-state index is 5.94. The van der Waals surface area contributed by atoms with E-state index < -0.39 is 5.60 Å². The summed E-state index contributed by atoms with van der Waals surface area (Å²) in [5, 5.41) is 7.52. The summed E-state index contributed by atoms with van der Waals surface area (Å²) >= 11 is 0. The zero-order valence-electron chi connectivity index (χ0n) is 11.4. The van der Waals surface area contributed by atoms with E-state index >= 15 is 0 Å². The molecular formula is C13H20N4O. The van der Waals surface area contributed by atoms with Crippen LogP contribution in [0, 0.1) is 6.92 Å². The average molecular weight is 248 g/mol. The maximum Gasteiger partial charge on any atom is 0.155 e. The lowest BCUT2D eigenvalue weighted by molar-refractivity contribution is -0.0318. The van der Waals surface area contributed by atoms with Gasteiger partial charge in [0.1, 0.15) is 5.60 Å². The number of aromatic nitrogens is 3. The molecule has 0 saturated heterocycles. The van der Waals surface area contributed by atoms with Gasteiger partial charge in [-0.3, -0.25) is 0 Å². The van der Waals surface area contributed by atoms with Gasteiger partial charge in [-0.2, -0.15) is 5.10 Å². The topological polar surface area (TPSA) is 51.5 Å². The quantitative estimate of drug-likeness (QED) is 0.871. The van der Waals surface area contributed by atoms with E-state index in [0.717, 1.165) is 23.6 Å². The second-order valence-corrected chi connectivity index (χ2v) is 4.58. The van der Waals surface area contributed by atoms with Gasteiger partial charge >= 0.3 is 0 Å². The van der Waals surface area contributed by atoms with Crippen molar-refractivity contribution in [2.75, 3.05) is 20.2 Å². The first-order valence-corrected chi connectivity index (χ1v) is 6.21. The molecule has 0 aliphatic heterocycles. The van der Waals surface area contributed by atoms with Crippen molar-refractivity contribution in [3.63, 3.8) is 0 Å². The molecule has 2 rings (SSSR count). The van der Waals surface area contributed by atoms with Crippen molar-refractivity contribution in [3.05, 3.63) is 29.7 Å². The van der Waals surface area contributed by atoms with E-state index in [2.05, 4.69) is 22.3 Å². The van der Waals surface area contributed by atoms with Crippen molar-refractivity contribution in [2.24, 2.45) is 0 Å². The lowest BCUT2D eigenvalue weighted by Crippen LogP contribution is -2.38. The van der Waals surface area contributed by atoms with Crippen LogP contribution in [0.3, 0.4) is 0 Å². The van der Waals surface area contributed by atoms with Crippen molar-refractivity contribution in [1.82, 2.24) is 19.9 Å². The third-order valence-electron chi connectivity index (χ3n) is 3.01. The van der Waals surface area contributed by atoms with E-state index in [-0.39, 0.29) is 0 Å². The van der Waals surface area contributed by atoms with E-state index in [1.54, 1.807) is 6.20 Å². The molecule has 2 heterocycles. The second-order valence-electron chi connectivity index (χ2n) is 4.58. The monoisotopic (exact) mass is 248 g/mol. The van der Waals surface area contributed by atoms with Gasteiger partial charge in [0, 0.05) is 24.9 Å². The van der Waals surface area contributed by atoms with E-state index in [0.29, 0.717) is 6.61 Å². The summed E-state index contributed by atoms with van der Waals surface area (Å²) in [6.45, 7) is 7.44. The van der Waals surface area contributed by atoms with Crippen molar-refractivity contribution in [2.45, 2.75) is 26.4 Å². The van der Waals surface area contributed by atoms with Gasteiger partial charge in [-0.25, -0.2) is 9.50 Å².